The summed E-state index contributed by atoms with van der Waals surface area (Å²) in [5.74, 6) is 1.26. The maximum absolute atomic E-state index is 12.5. The topological polar surface area (TPSA) is 92.8 Å². The first kappa shape index (κ1) is 17.7. The number of benzene rings is 2. The molecule has 8 nitrogen and oxygen atoms in total. The molecule has 0 aliphatic carbocycles. The van der Waals surface area contributed by atoms with Crippen molar-refractivity contribution < 1.29 is 19.1 Å². The summed E-state index contributed by atoms with van der Waals surface area (Å²) in [6, 6.07) is 12.5. The number of aromatic nitrogens is 1. The number of para-hydroxylation sites is 1. The van der Waals surface area contributed by atoms with Crippen molar-refractivity contribution in [2.45, 2.75) is 12.5 Å². The summed E-state index contributed by atoms with van der Waals surface area (Å²) < 4.78 is 12.1. The standard InChI is InChI=1S/C20H18N4O4S/c25-18-9-12(11-24(18)13-5-6-15-16(10-13)28-8-7-27-15)21-19(26)23-20-22-14-3-1-2-4-17(14)29-20/h1-6,10,12H,7-9,11H2,(H2,21,22,23,26)/t12-/m0/s1. The van der Waals surface area contributed by atoms with Crippen LogP contribution in [0.1, 0.15) is 6.42 Å². The Morgan fingerprint density at radius 3 is 2.83 bits per heavy atom. The predicted molar refractivity (Wildman–Crippen MR) is 110 cm³/mol. The van der Waals surface area contributed by atoms with Gasteiger partial charge in [-0.05, 0) is 24.3 Å². The predicted octanol–water partition coefficient (Wildman–Crippen LogP) is 2.99. The zero-order chi connectivity index (χ0) is 19.8. The van der Waals surface area contributed by atoms with E-state index in [0.29, 0.717) is 36.4 Å². The van der Waals surface area contributed by atoms with Gasteiger partial charge in [0, 0.05) is 24.7 Å². The smallest absolute Gasteiger partial charge is 0.321 e. The van der Waals surface area contributed by atoms with Crippen LogP contribution in [0, 0.1) is 0 Å². The van der Waals surface area contributed by atoms with Crippen LogP contribution in [-0.4, -0.2) is 42.7 Å². The fraction of sp³-hybridized carbons (Fsp3) is 0.250. The Hall–Kier alpha value is -3.33. The van der Waals surface area contributed by atoms with Crippen LogP contribution < -0.4 is 25.0 Å². The quantitative estimate of drug-likeness (QED) is 0.693. The van der Waals surface area contributed by atoms with Crippen molar-refractivity contribution in [3.63, 3.8) is 0 Å². The molecule has 3 aromatic rings. The molecule has 3 amide bonds. The van der Waals surface area contributed by atoms with E-state index in [1.54, 1.807) is 17.0 Å². The van der Waals surface area contributed by atoms with Crippen molar-refractivity contribution in [1.82, 2.24) is 10.3 Å². The SMILES string of the molecule is O=C(Nc1nc2ccccc2s1)N[C@H]1CC(=O)N(c2ccc3c(c2)OCCO3)C1. The van der Waals surface area contributed by atoms with Crippen LogP contribution in [-0.2, 0) is 4.79 Å². The maximum Gasteiger partial charge on any atom is 0.321 e. The number of ether oxygens (including phenoxy) is 2. The number of nitrogens with one attached hydrogen (secondary N) is 2. The molecule has 2 aromatic carbocycles. The largest absolute Gasteiger partial charge is 0.486 e. The van der Waals surface area contributed by atoms with Crippen molar-refractivity contribution in [1.29, 1.82) is 0 Å². The van der Waals surface area contributed by atoms with Gasteiger partial charge in [-0.2, -0.15) is 0 Å². The summed E-state index contributed by atoms with van der Waals surface area (Å²) in [6.45, 7) is 1.40. The van der Waals surface area contributed by atoms with Gasteiger partial charge in [0.05, 0.1) is 16.3 Å². The van der Waals surface area contributed by atoms with Crippen LogP contribution in [0.4, 0.5) is 15.6 Å². The highest BCUT2D eigenvalue weighted by Gasteiger charge is 2.32. The number of amides is 3. The second-order valence-electron chi connectivity index (χ2n) is 6.82. The monoisotopic (exact) mass is 410 g/mol. The minimum absolute atomic E-state index is 0.0491. The van der Waals surface area contributed by atoms with E-state index in [2.05, 4.69) is 15.6 Å². The number of fused-ring (bicyclic) bond motifs is 2. The van der Waals surface area contributed by atoms with Crippen LogP contribution in [0.2, 0.25) is 0 Å². The lowest BCUT2D eigenvalue weighted by molar-refractivity contribution is -0.117. The Morgan fingerprint density at radius 2 is 1.97 bits per heavy atom. The number of carbonyl (C=O) groups excluding carboxylic acids is 2. The van der Waals surface area contributed by atoms with Gasteiger partial charge in [-0.15, -0.1) is 0 Å². The zero-order valence-corrected chi connectivity index (χ0v) is 16.2. The Bertz CT molecular complexity index is 1070. The third kappa shape index (κ3) is 3.56. The average molecular weight is 410 g/mol. The number of nitrogens with zero attached hydrogens (tertiary/aromatic N) is 2. The van der Waals surface area contributed by atoms with E-state index in [1.807, 2.05) is 30.3 Å². The molecule has 0 bridgehead atoms. The number of thiazole rings is 1. The second-order valence-corrected chi connectivity index (χ2v) is 7.85. The summed E-state index contributed by atoms with van der Waals surface area (Å²) in [5.41, 5.74) is 1.57. The van der Waals surface area contributed by atoms with Crippen molar-refractivity contribution >= 4 is 44.3 Å². The number of rotatable bonds is 3. The summed E-state index contributed by atoms with van der Waals surface area (Å²) in [7, 11) is 0. The van der Waals surface area contributed by atoms with Crippen LogP contribution in [0.25, 0.3) is 10.2 Å². The van der Waals surface area contributed by atoms with E-state index < -0.39 is 0 Å². The van der Waals surface area contributed by atoms with Crippen LogP contribution in [0.15, 0.2) is 42.5 Å². The minimum atomic E-state index is -0.370. The number of hydrogen-bond acceptors (Lipinski definition) is 6. The Kier molecular flexibility index (Phi) is 4.44. The van der Waals surface area contributed by atoms with Gasteiger partial charge in [-0.1, -0.05) is 23.5 Å². The molecule has 3 heterocycles. The first-order chi connectivity index (χ1) is 14.2. The van der Waals surface area contributed by atoms with Gasteiger partial charge in [0.15, 0.2) is 16.6 Å². The average Bonchev–Trinajstić information content (AvgIpc) is 3.29. The molecule has 1 fully saturated rings. The van der Waals surface area contributed by atoms with Crippen LogP contribution in [0.3, 0.4) is 0 Å². The molecule has 5 rings (SSSR count). The van der Waals surface area contributed by atoms with E-state index in [1.165, 1.54) is 11.3 Å². The molecule has 2 aliphatic heterocycles. The lowest BCUT2D eigenvalue weighted by Crippen LogP contribution is -2.39. The van der Waals surface area contributed by atoms with Crippen molar-refractivity contribution in [2.24, 2.45) is 0 Å². The molecule has 1 saturated heterocycles. The van der Waals surface area contributed by atoms with E-state index in [0.717, 1.165) is 15.9 Å². The lowest BCUT2D eigenvalue weighted by atomic mass is 10.2. The van der Waals surface area contributed by atoms with Gasteiger partial charge in [-0.25, -0.2) is 9.78 Å². The second kappa shape index (κ2) is 7.25. The fourth-order valence-corrected chi connectivity index (χ4v) is 4.36. The molecule has 2 aliphatic rings. The highest BCUT2D eigenvalue weighted by Crippen LogP contribution is 2.35. The van der Waals surface area contributed by atoms with E-state index in [4.69, 9.17) is 9.47 Å². The summed E-state index contributed by atoms with van der Waals surface area (Å²) in [6.07, 6.45) is 0.238. The van der Waals surface area contributed by atoms with Crippen molar-refractivity contribution in [3.8, 4) is 11.5 Å². The summed E-state index contributed by atoms with van der Waals surface area (Å²) >= 11 is 1.41. The molecular formula is C20H18N4O4S. The van der Waals surface area contributed by atoms with Gasteiger partial charge in [0.2, 0.25) is 5.91 Å². The summed E-state index contributed by atoms with van der Waals surface area (Å²) in [4.78, 5) is 30.9. The molecule has 9 heteroatoms. The minimum Gasteiger partial charge on any atom is -0.486 e. The van der Waals surface area contributed by atoms with Gasteiger partial charge in [-0.3, -0.25) is 10.1 Å². The maximum atomic E-state index is 12.5. The fourth-order valence-electron chi connectivity index (χ4n) is 3.50. The first-order valence-electron chi connectivity index (χ1n) is 9.29. The molecule has 1 atom stereocenters. The molecule has 0 radical (unpaired) electrons. The van der Waals surface area contributed by atoms with Gasteiger partial charge < -0.3 is 19.7 Å². The zero-order valence-electron chi connectivity index (χ0n) is 15.4. The first-order valence-corrected chi connectivity index (χ1v) is 10.1. The number of anilines is 2. The van der Waals surface area contributed by atoms with Crippen molar-refractivity contribution in [2.75, 3.05) is 30.0 Å². The van der Waals surface area contributed by atoms with Gasteiger partial charge in [0.1, 0.15) is 13.2 Å². The van der Waals surface area contributed by atoms with E-state index in [-0.39, 0.29) is 24.4 Å². The number of carbonyl (C=O) groups is 2. The third-order valence-electron chi connectivity index (χ3n) is 4.81. The van der Waals surface area contributed by atoms with E-state index >= 15 is 0 Å². The summed E-state index contributed by atoms with van der Waals surface area (Å²) in [5, 5.41) is 6.15. The Labute approximate surface area is 170 Å². The van der Waals surface area contributed by atoms with Crippen LogP contribution in [0.5, 0.6) is 11.5 Å². The number of urea groups is 1. The van der Waals surface area contributed by atoms with Gasteiger partial charge in [0.25, 0.3) is 0 Å². The highest BCUT2D eigenvalue weighted by molar-refractivity contribution is 7.22. The van der Waals surface area contributed by atoms with Gasteiger partial charge >= 0.3 is 6.03 Å². The van der Waals surface area contributed by atoms with Crippen LogP contribution >= 0.6 is 11.3 Å². The third-order valence-corrected chi connectivity index (χ3v) is 5.76. The normalized spacial score (nSPS) is 18.1. The Morgan fingerprint density at radius 1 is 1.14 bits per heavy atom. The lowest BCUT2D eigenvalue weighted by Gasteiger charge is -2.22. The molecule has 0 spiro atoms. The van der Waals surface area contributed by atoms with E-state index in [9.17, 15) is 9.59 Å². The number of hydrogen-bond donors (Lipinski definition) is 2. The molecular weight excluding hydrogens is 392 g/mol. The molecule has 1 aromatic heterocycles. The highest BCUT2D eigenvalue weighted by atomic mass is 32.1. The van der Waals surface area contributed by atoms with Crippen molar-refractivity contribution in [3.05, 3.63) is 42.5 Å². The molecule has 148 valence electrons. The Balaban J connectivity index is 1.23. The molecule has 2 N–H and O–H groups in total. The molecule has 29 heavy (non-hydrogen) atoms. The molecule has 0 unspecified atom stereocenters. The molecule has 0 saturated carbocycles.